The van der Waals surface area contributed by atoms with Crippen LogP contribution in [-0.4, -0.2) is 0 Å². The van der Waals surface area contributed by atoms with E-state index < -0.39 is 0 Å². The van der Waals surface area contributed by atoms with E-state index in [0.717, 1.165) is 0 Å². The Bertz CT molecular complexity index is 2900. The third kappa shape index (κ3) is 4.61. The molecule has 0 saturated carbocycles. The molecule has 0 aliphatic heterocycles. The first kappa shape index (κ1) is 28.5. The third-order valence-electron chi connectivity index (χ3n) is 10.4. The summed E-state index contributed by atoms with van der Waals surface area (Å²) in [7, 11) is 0. The second-order valence-corrected chi connectivity index (χ2v) is 13.3. The summed E-state index contributed by atoms with van der Waals surface area (Å²) >= 11 is 0. The smallest absolute Gasteiger partial charge is 0.00259 e. The highest BCUT2D eigenvalue weighted by molar-refractivity contribution is 6.23. The molecule has 50 heavy (non-hydrogen) atoms. The van der Waals surface area contributed by atoms with Gasteiger partial charge in [-0.3, -0.25) is 0 Å². The second kappa shape index (κ2) is 11.6. The van der Waals surface area contributed by atoms with Gasteiger partial charge in [0.2, 0.25) is 0 Å². The maximum Gasteiger partial charge on any atom is -0.00259 e. The van der Waals surface area contributed by atoms with Crippen molar-refractivity contribution in [2.75, 3.05) is 0 Å². The van der Waals surface area contributed by atoms with Gasteiger partial charge in [-0.2, -0.15) is 0 Å². The van der Waals surface area contributed by atoms with Gasteiger partial charge >= 0.3 is 0 Å². The van der Waals surface area contributed by atoms with Crippen molar-refractivity contribution in [1.82, 2.24) is 0 Å². The second-order valence-electron chi connectivity index (χ2n) is 13.3. The zero-order chi connectivity index (χ0) is 33.0. The van der Waals surface area contributed by atoms with Gasteiger partial charge in [0.25, 0.3) is 0 Å². The fraction of sp³-hybridized carbons (Fsp3) is 0. The first-order valence-corrected chi connectivity index (χ1v) is 17.3. The Hall–Kier alpha value is -6.50. The summed E-state index contributed by atoms with van der Waals surface area (Å²) in [4.78, 5) is 0. The van der Waals surface area contributed by atoms with E-state index in [1.165, 1.54) is 98.4 Å². The molecule has 0 heterocycles. The van der Waals surface area contributed by atoms with Gasteiger partial charge < -0.3 is 0 Å². The SMILES string of the molecule is c1ccc(-c2c3ccc(-c4cccc5ccccc45)cc3c(-c3ccc4ccccc4c3)c3ccc(-c4cccc5ccccc45)cc23)cc1. The highest BCUT2D eigenvalue weighted by atomic mass is 14.2. The fourth-order valence-electron chi connectivity index (χ4n) is 8.09. The van der Waals surface area contributed by atoms with Crippen LogP contribution in [0.15, 0.2) is 194 Å². The number of benzene rings is 10. The summed E-state index contributed by atoms with van der Waals surface area (Å²) in [5.74, 6) is 0. The molecule has 0 unspecified atom stereocenters. The summed E-state index contributed by atoms with van der Waals surface area (Å²) in [6, 6.07) is 71.5. The van der Waals surface area contributed by atoms with Gasteiger partial charge in [-0.05, 0) is 117 Å². The molecule has 0 bridgehead atoms. The van der Waals surface area contributed by atoms with Crippen molar-refractivity contribution in [1.29, 1.82) is 0 Å². The van der Waals surface area contributed by atoms with Crippen molar-refractivity contribution >= 4 is 53.9 Å². The first-order chi connectivity index (χ1) is 24.8. The minimum absolute atomic E-state index is 1.22. The molecule has 0 aliphatic rings. The van der Waals surface area contributed by atoms with Gasteiger partial charge in [0.15, 0.2) is 0 Å². The molecule has 10 aromatic rings. The quantitative estimate of drug-likeness (QED) is 0.169. The van der Waals surface area contributed by atoms with Crippen LogP contribution >= 0.6 is 0 Å². The van der Waals surface area contributed by atoms with E-state index >= 15 is 0 Å². The van der Waals surface area contributed by atoms with E-state index in [4.69, 9.17) is 0 Å². The molecule has 0 nitrogen and oxygen atoms in total. The lowest BCUT2D eigenvalue weighted by Gasteiger charge is -2.20. The van der Waals surface area contributed by atoms with Gasteiger partial charge in [-0.15, -0.1) is 0 Å². The van der Waals surface area contributed by atoms with E-state index in [9.17, 15) is 0 Å². The molecule has 0 N–H and O–H groups in total. The third-order valence-corrected chi connectivity index (χ3v) is 10.4. The van der Waals surface area contributed by atoms with E-state index in [-0.39, 0.29) is 0 Å². The van der Waals surface area contributed by atoms with Crippen molar-refractivity contribution in [2.24, 2.45) is 0 Å². The van der Waals surface area contributed by atoms with E-state index in [1.54, 1.807) is 0 Å². The molecule has 10 aromatic carbocycles. The molecule has 0 spiro atoms. The highest BCUT2D eigenvalue weighted by Crippen LogP contribution is 2.47. The molecule has 0 heteroatoms. The predicted octanol–water partition coefficient (Wildman–Crippen LogP) is 14.1. The summed E-state index contributed by atoms with van der Waals surface area (Å²) in [5.41, 5.74) is 9.94. The summed E-state index contributed by atoms with van der Waals surface area (Å²) in [6.45, 7) is 0. The fourth-order valence-corrected chi connectivity index (χ4v) is 8.09. The van der Waals surface area contributed by atoms with Gasteiger partial charge in [-0.1, -0.05) is 176 Å². The van der Waals surface area contributed by atoms with Crippen LogP contribution in [0.2, 0.25) is 0 Å². The van der Waals surface area contributed by atoms with E-state index in [2.05, 4.69) is 194 Å². The van der Waals surface area contributed by atoms with Gasteiger partial charge in [-0.25, -0.2) is 0 Å². The van der Waals surface area contributed by atoms with Crippen molar-refractivity contribution in [2.45, 2.75) is 0 Å². The van der Waals surface area contributed by atoms with Crippen LogP contribution in [0.25, 0.3) is 98.4 Å². The van der Waals surface area contributed by atoms with Crippen LogP contribution in [0, 0.1) is 0 Å². The maximum absolute atomic E-state index is 2.44. The Labute approximate surface area is 291 Å². The minimum Gasteiger partial charge on any atom is -0.0622 e. The van der Waals surface area contributed by atoms with Crippen LogP contribution in [-0.2, 0) is 0 Å². The van der Waals surface area contributed by atoms with Crippen LogP contribution in [0.5, 0.6) is 0 Å². The van der Waals surface area contributed by atoms with Crippen molar-refractivity contribution in [3.05, 3.63) is 194 Å². The molecular weight excluding hydrogens is 601 g/mol. The van der Waals surface area contributed by atoms with E-state index in [1.807, 2.05) is 0 Å². The van der Waals surface area contributed by atoms with Crippen molar-refractivity contribution in [3.63, 3.8) is 0 Å². The Kier molecular flexibility index (Phi) is 6.60. The zero-order valence-corrected chi connectivity index (χ0v) is 27.5. The van der Waals surface area contributed by atoms with Crippen molar-refractivity contribution in [3.8, 4) is 44.5 Å². The first-order valence-electron chi connectivity index (χ1n) is 17.3. The molecule has 10 rings (SSSR count). The molecule has 232 valence electrons. The summed E-state index contributed by atoms with van der Waals surface area (Å²) < 4.78 is 0. The lowest BCUT2D eigenvalue weighted by molar-refractivity contribution is 1.64. The molecule has 0 aliphatic carbocycles. The van der Waals surface area contributed by atoms with Gasteiger partial charge in [0, 0.05) is 0 Å². The molecule has 0 aromatic heterocycles. The standard InChI is InChI=1S/C50H32/c1-2-15-36(16-3-1)49-45-28-26-39(44-23-11-19-35-14-7-9-21-42(35)44)32-48(45)50(40-25-24-33-12-4-5-17-37(33)30-40)46-29-27-38(31-47(46)49)43-22-10-18-34-13-6-8-20-41(34)43/h1-32H. The van der Waals surface area contributed by atoms with Crippen LogP contribution in [0.1, 0.15) is 0 Å². The van der Waals surface area contributed by atoms with Crippen molar-refractivity contribution < 1.29 is 0 Å². The topological polar surface area (TPSA) is 0 Å². The minimum atomic E-state index is 1.22. The predicted molar refractivity (Wildman–Crippen MR) is 216 cm³/mol. The summed E-state index contributed by atoms with van der Waals surface area (Å²) in [6.07, 6.45) is 0. The lowest BCUT2D eigenvalue weighted by atomic mass is 9.83. The van der Waals surface area contributed by atoms with E-state index in [0.29, 0.717) is 0 Å². The van der Waals surface area contributed by atoms with Crippen LogP contribution in [0.4, 0.5) is 0 Å². The normalized spacial score (nSPS) is 11.6. The molecule has 0 radical (unpaired) electrons. The van der Waals surface area contributed by atoms with Gasteiger partial charge in [0.1, 0.15) is 0 Å². The Balaban J connectivity index is 1.35. The number of fused-ring (bicyclic) bond motifs is 5. The monoisotopic (exact) mass is 632 g/mol. The highest BCUT2D eigenvalue weighted by Gasteiger charge is 2.19. The van der Waals surface area contributed by atoms with Gasteiger partial charge in [0.05, 0.1) is 0 Å². The number of rotatable bonds is 4. The Morgan fingerprint density at radius 3 is 1.26 bits per heavy atom. The number of hydrogen-bond donors (Lipinski definition) is 0. The Morgan fingerprint density at radius 1 is 0.200 bits per heavy atom. The molecular formula is C50H32. The average molecular weight is 633 g/mol. The molecule has 0 amide bonds. The maximum atomic E-state index is 2.44. The average Bonchev–Trinajstić information content (AvgIpc) is 3.19. The number of hydrogen-bond acceptors (Lipinski definition) is 0. The largest absolute Gasteiger partial charge is 0.0622 e. The lowest BCUT2D eigenvalue weighted by Crippen LogP contribution is -1.93. The van der Waals surface area contributed by atoms with Crippen LogP contribution in [0.3, 0.4) is 0 Å². The van der Waals surface area contributed by atoms with Crippen LogP contribution < -0.4 is 0 Å². The Morgan fingerprint density at radius 2 is 0.660 bits per heavy atom. The molecule has 0 atom stereocenters. The molecule has 0 fully saturated rings. The zero-order valence-electron chi connectivity index (χ0n) is 27.5. The summed E-state index contributed by atoms with van der Waals surface area (Å²) in [5, 5.41) is 12.6. The molecule has 0 saturated heterocycles.